The molecule has 13 heavy (non-hydrogen) atoms. The molecule has 2 rings (SSSR count). The van der Waals surface area contributed by atoms with Crippen LogP contribution in [0.15, 0.2) is 12.3 Å². The van der Waals surface area contributed by atoms with E-state index in [9.17, 15) is 0 Å². The van der Waals surface area contributed by atoms with Crippen molar-refractivity contribution in [3.63, 3.8) is 0 Å². The molecule has 1 N–H and O–H groups in total. The topological polar surface area (TPSA) is 34.2 Å². The van der Waals surface area contributed by atoms with Crippen LogP contribution in [0.3, 0.4) is 0 Å². The maximum absolute atomic E-state index is 5.95. The summed E-state index contributed by atoms with van der Waals surface area (Å²) in [5, 5.41) is 3.53. The molecule has 1 aliphatic rings. The summed E-state index contributed by atoms with van der Waals surface area (Å²) in [7, 11) is 1.83. The lowest BCUT2D eigenvalue weighted by Gasteiger charge is -2.06. The Morgan fingerprint density at radius 2 is 2.38 bits per heavy atom. The third kappa shape index (κ3) is 2.04. The molecule has 0 saturated heterocycles. The fourth-order valence-corrected chi connectivity index (χ4v) is 1.20. The van der Waals surface area contributed by atoms with E-state index in [0.717, 1.165) is 18.5 Å². The lowest BCUT2D eigenvalue weighted by Crippen LogP contribution is -1.99. The molecule has 1 aromatic heterocycles. The van der Waals surface area contributed by atoms with Crippen LogP contribution in [0.5, 0.6) is 5.88 Å². The second-order valence-corrected chi connectivity index (χ2v) is 3.49. The van der Waals surface area contributed by atoms with Gasteiger partial charge in [0.2, 0.25) is 5.88 Å². The van der Waals surface area contributed by atoms with Crippen molar-refractivity contribution in [1.82, 2.24) is 4.98 Å². The Bertz CT molecular complexity index is 312. The Morgan fingerprint density at radius 1 is 1.62 bits per heavy atom. The first-order valence-electron chi connectivity index (χ1n) is 4.29. The first-order valence-corrected chi connectivity index (χ1v) is 4.67. The Balaban J connectivity index is 2.15. The number of hydrogen-bond donors (Lipinski definition) is 1. The Hall–Kier alpha value is -0.960. The summed E-state index contributed by atoms with van der Waals surface area (Å²) < 4.78 is 5.48. The molecular formula is C9H11ClN2O. The van der Waals surface area contributed by atoms with Gasteiger partial charge < -0.3 is 10.1 Å². The lowest BCUT2D eigenvalue weighted by atomic mass is 10.4. The van der Waals surface area contributed by atoms with Crippen molar-refractivity contribution in [3.8, 4) is 5.88 Å². The number of nitrogens with one attached hydrogen (secondary N) is 1. The van der Waals surface area contributed by atoms with Crippen LogP contribution in [0, 0.1) is 0 Å². The van der Waals surface area contributed by atoms with Gasteiger partial charge in [0, 0.05) is 7.05 Å². The van der Waals surface area contributed by atoms with Crippen LogP contribution in [0.4, 0.5) is 5.69 Å². The van der Waals surface area contributed by atoms with Crippen LogP contribution in [0.1, 0.15) is 12.8 Å². The summed E-state index contributed by atoms with van der Waals surface area (Å²) in [4.78, 5) is 4.11. The van der Waals surface area contributed by atoms with E-state index in [1.54, 1.807) is 6.20 Å². The highest BCUT2D eigenvalue weighted by Gasteiger charge is 2.24. The average Bonchev–Trinajstić information content (AvgIpc) is 2.92. The summed E-state index contributed by atoms with van der Waals surface area (Å²) >= 11 is 5.95. The number of anilines is 1. The van der Waals surface area contributed by atoms with E-state index < -0.39 is 0 Å². The molecule has 1 saturated carbocycles. The van der Waals surface area contributed by atoms with Crippen molar-refractivity contribution in [1.29, 1.82) is 0 Å². The summed E-state index contributed by atoms with van der Waals surface area (Å²) in [6.45, 7) is 0. The highest BCUT2D eigenvalue weighted by atomic mass is 35.5. The van der Waals surface area contributed by atoms with Crippen LogP contribution < -0.4 is 10.1 Å². The van der Waals surface area contributed by atoms with Gasteiger partial charge in [-0.2, -0.15) is 0 Å². The van der Waals surface area contributed by atoms with Crippen LogP contribution in [-0.2, 0) is 0 Å². The number of aromatic nitrogens is 1. The van der Waals surface area contributed by atoms with Crippen LogP contribution >= 0.6 is 11.6 Å². The number of halogens is 1. The van der Waals surface area contributed by atoms with Gasteiger partial charge in [0.15, 0.2) is 0 Å². The molecule has 4 heteroatoms. The summed E-state index contributed by atoms with van der Waals surface area (Å²) in [5.41, 5.74) is 0.896. The highest BCUT2D eigenvalue weighted by Crippen LogP contribution is 2.31. The van der Waals surface area contributed by atoms with Gasteiger partial charge in [-0.1, -0.05) is 11.6 Å². The average molecular weight is 199 g/mol. The number of pyridine rings is 1. The van der Waals surface area contributed by atoms with E-state index >= 15 is 0 Å². The Morgan fingerprint density at radius 3 is 2.92 bits per heavy atom. The van der Waals surface area contributed by atoms with Crippen molar-refractivity contribution in [2.75, 3.05) is 12.4 Å². The van der Waals surface area contributed by atoms with Crippen molar-refractivity contribution >= 4 is 17.3 Å². The molecule has 0 radical (unpaired) electrons. The third-order valence-electron chi connectivity index (χ3n) is 1.90. The maximum atomic E-state index is 5.95. The van der Waals surface area contributed by atoms with Crippen LogP contribution in [-0.4, -0.2) is 18.1 Å². The summed E-state index contributed by atoms with van der Waals surface area (Å²) in [5.74, 6) is 0.545. The normalized spacial score (nSPS) is 15.5. The van der Waals surface area contributed by atoms with E-state index in [-0.39, 0.29) is 0 Å². The fraction of sp³-hybridized carbons (Fsp3) is 0.444. The fourth-order valence-electron chi connectivity index (χ4n) is 0.993. The van der Waals surface area contributed by atoms with Gasteiger partial charge in [-0.15, -0.1) is 0 Å². The van der Waals surface area contributed by atoms with Crippen LogP contribution in [0.25, 0.3) is 0 Å². The molecule has 0 aliphatic heterocycles. The molecule has 1 heterocycles. The lowest BCUT2D eigenvalue weighted by molar-refractivity contribution is 0.291. The SMILES string of the molecule is CNc1cnc(OC2CC2)c(Cl)c1. The van der Waals surface area contributed by atoms with E-state index in [0.29, 0.717) is 17.0 Å². The minimum absolute atomic E-state index is 0.338. The monoisotopic (exact) mass is 198 g/mol. The maximum Gasteiger partial charge on any atom is 0.232 e. The van der Waals surface area contributed by atoms with Gasteiger partial charge in [0.05, 0.1) is 11.9 Å². The Kier molecular flexibility index (Phi) is 2.27. The zero-order valence-electron chi connectivity index (χ0n) is 7.38. The molecule has 1 aromatic rings. The van der Waals surface area contributed by atoms with Gasteiger partial charge in [-0.25, -0.2) is 4.98 Å². The molecule has 0 amide bonds. The number of hydrogen-bond acceptors (Lipinski definition) is 3. The molecule has 0 spiro atoms. The number of ether oxygens (including phenoxy) is 1. The standard InChI is InChI=1S/C9H11ClN2O/c1-11-6-4-8(10)9(12-5-6)13-7-2-3-7/h4-5,7,11H,2-3H2,1H3. The molecule has 1 fully saturated rings. The van der Waals surface area contributed by atoms with Crippen molar-refractivity contribution in [2.45, 2.75) is 18.9 Å². The zero-order valence-corrected chi connectivity index (χ0v) is 8.14. The molecule has 0 bridgehead atoms. The summed E-state index contributed by atoms with van der Waals surface area (Å²) in [6, 6.07) is 1.81. The second kappa shape index (κ2) is 3.42. The minimum atomic E-state index is 0.338. The largest absolute Gasteiger partial charge is 0.473 e. The Labute approximate surface area is 82.1 Å². The molecule has 1 aliphatic carbocycles. The molecular weight excluding hydrogens is 188 g/mol. The zero-order chi connectivity index (χ0) is 9.26. The van der Waals surface area contributed by atoms with Gasteiger partial charge in [-0.3, -0.25) is 0 Å². The summed E-state index contributed by atoms with van der Waals surface area (Å²) in [6.07, 6.45) is 4.28. The van der Waals surface area contributed by atoms with Crippen LogP contribution in [0.2, 0.25) is 5.02 Å². The number of rotatable bonds is 3. The second-order valence-electron chi connectivity index (χ2n) is 3.08. The molecule has 70 valence electrons. The highest BCUT2D eigenvalue weighted by molar-refractivity contribution is 6.32. The van der Waals surface area contributed by atoms with Gasteiger partial charge in [0.25, 0.3) is 0 Å². The van der Waals surface area contributed by atoms with E-state index in [2.05, 4.69) is 10.3 Å². The third-order valence-corrected chi connectivity index (χ3v) is 2.17. The van der Waals surface area contributed by atoms with E-state index in [4.69, 9.17) is 16.3 Å². The van der Waals surface area contributed by atoms with E-state index in [1.807, 2.05) is 13.1 Å². The van der Waals surface area contributed by atoms with E-state index in [1.165, 1.54) is 0 Å². The predicted molar refractivity (Wildman–Crippen MR) is 52.4 cm³/mol. The molecule has 0 unspecified atom stereocenters. The quantitative estimate of drug-likeness (QED) is 0.810. The first kappa shape index (κ1) is 8.63. The molecule has 3 nitrogen and oxygen atoms in total. The minimum Gasteiger partial charge on any atom is -0.473 e. The van der Waals surface area contributed by atoms with Gasteiger partial charge in [-0.05, 0) is 18.9 Å². The smallest absolute Gasteiger partial charge is 0.232 e. The van der Waals surface area contributed by atoms with Crippen molar-refractivity contribution in [3.05, 3.63) is 17.3 Å². The predicted octanol–water partition coefficient (Wildman–Crippen LogP) is 2.32. The van der Waals surface area contributed by atoms with Gasteiger partial charge in [0.1, 0.15) is 11.1 Å². The first-order chi connectivity index (χ1) is 6.29. The van der Waals surface area contributed by atoms with Crippen molar-refractivity contribution < 1.29 is 4.74 Å². The van der Waals surface area contributed by atoms with Crippen molar-refractivity contribution in [2.24, 2.45) is 0 Å². The van der Waals surface area contributed by atoms with Gasteiger partial charge >= 0.3 is 0 Å². The molecule has 0 aromatic carbocycles. The number of nitrogens with zero attached hydrogens (tertiary/aromatic N) is 1. The molecule has 0 atom stereocenters.